The second kappa shape index (κ2) is 5.92. The summed E-state index contributed by atoms with van der Waals surface area (Å²) >= 11 is 0. The highest BCUT2D eigenvalue weighted by molar-refractivity contribution is 5.29. The largest absolute Gasteiger partial charge is 0.496 e. The molecule has 0 atom stereocenters. The number of hydrogen-bond donors (Lipinski definition) is 0. The Kier molecular flexibility index (Phi) is 4.26. The Balaban J connectivity index is 1.90. The van der Waals surface area contributed by atoms with Crippen molar-refractivity contribution in [1.29, 1.82) is 0 Å². The first-order chi connectivity index (χ1) is 9.05. The predicted molar refractivity (Wildman–Crippen MR) is 80.9 cm³/mol. The normalized spacial score (nSPS) is 16.9. The first kappa shape index (κ1) is 13.7. The standard InChI is InChI=1S/C18H22O/c1-18(2,3)17-11-9-16(10-12-17)14-19-13-15-7-5-4-6-8-15/h4-7,9-13H,8,14H2,1-3H3. The summed E-state index contributed by atoms with van der Waals surface area (Å²) in [4.78, 5) is 0. The molecule has 0 fully saturated rings. The summed E-state index contributed by atoms with van der Waals surface area (Å²) in [5, 5.41) is 0. The Labute approximate surface area is 116 Å². The van der Waals surface area contributed by atoms with Gasteiger partial charge in [0, 0.05) is 0 Å². The molecule has 0 spiro atoms. The molecule has 1 aromatic rings. The first-order valence-electron chi connectivity index (χ1n) is 6.79. The molecular formula is C18H22O. The van der Waals surface area contributed by atoms with E-state index in [2.05, 4.69) is 63.3 Å². The zero-order valence-corrected chi connectivity index (χ0v) is 12.0. The molecule has 0 amide bonds. The molecule has 0 radical (unpaired) electrons. The van der Waals surface area contributed by atoms with Gasteiger partial charge in [0.2, 0.25) is 0 Å². The Bertz CT molecular complexity index is 495. The molecule has 1 aliphatic rings. The van der Waals surface area contributed by atoms with Gasteiger partial charge in [-0.3, -0.25) is 0 Å². The van der Waals surface area contributed by atoms with Crippen LogP contribution in [0.1, 0.15) is 38.3 Å². The molecular weight excluding hydrogens is 232 g/mol. The van der Waals surface area contributed by atoms with Gasteiger partial charge >= 0.3 is 0 Å². The van der Waals surface area contributed by atoms with Crippen LogP contribution in [0.15, 0.2) is 60.4 Å². The van der Waals surface area contributed by atoms with Crippen LogP contribution in [0.5, 0.6) is 0 Å². The highest BCUT2D eigenvalue weighted by Gasteiger charge is 2.12. The quantitative estimate of drug-likeness (QED) is 0.697. The summed E-state index contributed by atoms with van der Waals surface area (Å²) in [6.07, 6.45) is 11.1. The highest BCUT2D eigenvalue weighted by atomic mass is 16.5. The van der Waals surface area contributed by atoms with Gasteiger partial charge in [0.1, 0.15) is 6.61 Å². The molecule has 0 bridgehead atoms. The topological polar surface area (TPSA) is 9.23 Å². The minimum atomic E-state index is 0.209. The number of allylic oxidation sites excluding steroid dienone is 5. The van der Waals surface area contributed by atoms with Crippen LogP contribution in [0.25, 0.3) is 0 Å². The molecule has 0 N–H and O–H groups in total. The lowest BCUT2D eigenvalue weighted by atomic mass is 9.87. The molecule has 0 aliphatic heterocycles. The average molecular weight is 254 g/mol. The van der Waals surface area contributed by atoms with E-state index >= 15 is 0 Å². The first-order valence-corrected chi connectivity index (χ1v) is 6.79. The maximum Gasteiger partial charge on any atom is 0.112 e. The Morgan fingerprint density at radius 3 is 2.42 bits per heavy atom. The van der Waals surface area contributed by atoms with Gasteiger partial charge in [-0.2, -0.15) is 0 Å². The highest BCUT2D eigenvalue weighted by Crippen LogP contribution is 2.22. The fourth-order valence-electron chi connectivity index (χ4n) is 1.96. The van der Waals surface area contributed by atoms with Crippen LogP contribution in [0, 0.1) is 0 Å². The zero-order chi connectivity index (χ0) is 13.7. The van der Waals surface area contributed by atoms with Gasteiger partial charge in [0.25, 0.3) is 0 Å². The van der Waals surface area contributed by atoms with E-state index in [-0.39, 0.29) is 5.41 Å². The van der Waals surface area contributed by atoms with Crippen molar-refractivity contribution in [2.75, 3.05) is 0 Å². The monoisotopic (exact) mass is 254 g/mol. The van der Waals surface area contributed by atoms with Crippen molar-refractivity contribution in [1.82, 2.24) is 0 Å². The number of ether oxygens (including phenoxy) is 1. The zero-order valence-electron chi connectivity index (χ0n) is 12.0. The molecule has 1 aliphatic carbocycles. The molecule has 2 rings (SSSR count). The summed E-state index contributed by atoms with van der Waals surface area (Å²) in [6, 6.07) is 8.68. The fourth-order valence-corrected chi connectivity index (χ4v) is 1.96. The van der Waals surface area contributed by atoms with Crippen LogP contribution in [0.4, 0.5) is 0 Å². The summed E-state index contributed by atoms with van der Waals surface area (Å²) in [7, 11) is 0. The van der Waals surface area contributed by atoms with E-state index in [1.165, 1.54) is 16.7 Å². The van der Waals surface area contributed by atoms with E-state index < -0.39 is 0 Å². The predicted octanol–water partition coefficient (Wildman–Crippen LogP) is 4.90. The molecule has 100 valence electrons. The lowest BCUT2D eigenvalue weighted by Gasteiger charge is -2.19. The lowest BCUT2D eigenvalue weighted by Crippen LogP contribution is -2.10. The SMILES string of the molecule is CC(C)(C)c1ccc(COC=C2C=CC=CC2)cc1. The second-order valence-electron chi connectivity index (χ2n) is 5.94. The van der Waals surface area contributed by atoms with Gasteiger partial charge in [-0.25, -0.2) is 0 Å². The van der Waals surface area contributed by atoms with Crippen molar-refractivity contribution in [2.24, 2.45) is 0 Å². The van der Waals surface area contributed by atoms with Gasteiger partial charge in [-0.05, 0) is 28.5 Å². The second-order valence-corrected chi connectivity index (χ2v) is 5.94. The van der Waals surface area contributed by atoms with Gasteiger partial charge in [0.05, 0.1) is 6.26 Å². The van der Waals surface area contributed by atoms with Crippen molar-refractivity contribution in [2.45, 2.75) is 39.2 Å². The van der Waals surface area contributed by atoms with Crippen molar-refractivity contribution < 1.29 is 4.74 Å². The molecule has 0 heterocycles. The van der Waals surface area contributed by atoms with Gasteiger partial charge in [0.15, 0.2) is 0 Å². The van der Waals surface area contributed by atoms with Gasteiger partial charge in [-0.1, -0.05) is 69.3 Å². The molecule has 1 nitrogen and oxygen atoms in total. The number of benzene rings is 1. The molecule has 1 aromatic carbocycles. The molecule has 0 saturated heterocycles. The van der Waals surface area contributed by atoms with Crippen LogP contribution >= 0.6 is 0 Å². The lowest BCUT2D eigenvalue weighted by molar-refractivity contribution is 0.234. The minimum Gasteiger partial charge on any atom is -0.496 e. The number of rotatable bonds is 3. The molecule has 19 heavy (non-hydrogen) atoms. The smallest absolute Gasteiger partial charge is 0.112 e. The van der Waals surface area contributed by atoms with Gasteiger partial charge < -0.3 is 4.74 Å². The van der Waals surface area contributed by atoms with E-state index in [9.17, 15) is 0 Å². The molecule has 1 heteroatoms. The molecule has 0 aromatic heterocycles. The summed E-state index contributed by atoms with van der Waals surface area (Å²) in [5.74, 6) is 0. The maximum absolute atomic E-state index is 5.64. The Hall–Kier alpha value is -1.76. The van der Waals surface area contributed by atoms with Crippen molar-refractivity contribution in [3.8, 4) is 0 Å². The van der Waals surface area contributed by atoms with Crippen molar-refractivity contribution in [3.63, 3.8) is 0 Å². The van der Waals surface area contributed by atoms with Crippen LogP contribution in [-0.2, 0) is 16.8 Å². The third-order valence-electron chi connectivity index (χ3n) is 3.22. The molecule has 0 saturated carbocycles. The van der Waals surface area contributed by atoms with E-state index in [4.69, 9.17) is 4.74 Å². The Morgan fingerprint density at radius 1 is 1.11 bits per heavy atom. The fraction of sp³-hybridized carbons (Fsp3) is 0.333. The minimum absolute atomic E-state index is 0.209. The van der Waals surface area contributed by atoms with E-state index in [0.29, 0.717) is 6.61 Å². The van der Waals surface area contributed by atoms with E-state index in [1.807, 2.05) is 12.3 Å². The van der Waals surface area contributed by atoms with Crippen LogP contribution in [0.2, 0.25) is 0 Å². The van der Waals surface area contributed by atoms with Crippen LogP contribution < -0.4 is 0 Å². The third-order valence-corrected chi connectivity index (χ3v) is 3.22. The molecule has 0 unspecified atom stereocenters. The Morgan fingerprint density at radius 2 is 1.84 bits per heavy atom. The van der Waals surface area contributed by atoms with E-state index in [0.717, 1.165) is 6.42 Å². The van der Waals surface area contributed by atoms with Gasteiger partial charge in [-0.15, -0.1) is 0 Å². The average Bonchev–Trinajstić information content (AvgIpc) is 2.39. The van der Waals surface area contributed by atoms with Crippen LogP contribution in [0.3, 0.4) is 0 Å². The van der Waals surface area contributed by atoms with Crippen molar-refractivity contribution in [3.05, 3.63) is 71.5 Å². The maximum atomic E-state index is 5.64. The number of hydrogen-bond acceptors (Lipinski definition) is 1. The summed E-state index contributed by atoms with van der Waals surface area (Å²) < 4.78 is 5.64. The third kappa shape index (κ3) is 4.13. The summed E-state index contributed by atoms with van der Waals surface area (Å²) in [5.41, 5.74) is 3.99. The summed E-state index contributed by atoms with van der Waals surface area (Å²) in [6.45, 7) is 7.31. The van der Waals surface area contributed by atoms with Crippen LogP contribution in [-0.4, -0.2) is 0 Å². The van der Waals surface area contributed by atoms with E-state index in [1.54, 1.807) is 0 Å². The van der Waals surface area contributed by atoms with Crippen molar-refractivity contribution >= 4 is 0 Å².